The van der Waals surface area contributed by atoms with E-state index in [1.54, 1.807) is 25.1 Å². The number of rotatable bonds is 9. The van der Waals surface area contributed by atoms with Crippen molar-refractivity contribution in [2.45, 2.75) is 26.2 Å². The van der Waals surface area contributed by atoms with Gasteiger partial charge in [-0.1, -0.05) is 49.3 Å². The summed E-state index contributed by atoms with van der Waals surface area (Å²) in [6.07, 6.45) is 7.98. The quantitative estimate of drug-likeness (QED) is 0.300. The molecule has 1 atom stereocenters. The van der Waals surface area contributed by atoms with Crippen LogP contribution in [0.3, 0.4) is 0 Å². The van der Waals surface area contributed by atoms with Crippen molar-refractivity contribution in [2.24, 2.45) is 5.41 Å². The molecule has 0 fully saturated rings. The zero-order valence-corrected chi connectivity index (χ0v) is 18.6. The van der Waals surface area contributed by atoms with E-state index >= 15 is 0 Å². The third-order valence-corrected chi connectivity index (χ3v) is 6.06. The molecule has 0 saturated heterocycles. The standard InChI is InChI=1S/C26H28F2N2S/c1-4-20-17-26(5-2,16-19-7-6-18(3)24(28)14-19)21(12-13-29-31)15-25(20)30-23-10-8-22(27)9-11-23/h4-11,14-15,29-31H,1-2,12-13,16-17H2,3H3. The number of thiol groups is 1. The molecule has 0 radical (unpaired) electrons. The van der Waals surface area contributed by atoms with Crippen LogP contribution in [-0.4, -0.2) is 6.54 Å². The third-order valence-electron chi connectivity index (χ3n) is 5.83. The first kappa shape index (κ1) is 23.0. The summed E-state index contributed by atoms with van der Waals surface area (Å²) in [5, 5.41) is 3.39. The Morgan fingerprint density at radius 2 is 1.87 bits per heavy atom. The minimum atomic E-state index is -0.371. The number of allylic oxidation sites excluding steroid dienone is 4. The van der Waals surface area contributed by atoms with Crippen LogP contribution in [0.4, 0.5) is 14.5 Å². The van der Waals surface area contributed by atoms with Crippen LogP contribution in [0.15, 0.2) is 90.7 Å². The van der Waals surface area contributed by atoms with E-state index in [1.807, 2.05) is 24.3 Å². The Hall–Kier alpha value is -2.63. The van der Waals surface area contributed by atoms with Crippen molar-refractivity contribution in [3.05, 3.63) is 113 Å². The van der Waals surface area contributed by atoms with Crippen molar-refractivity contribution >= 4 is 18.5 Å². The van der Waals surface area contributed by atoms with Gasteiger partial charge in [-0.25, -0.2) is 8.78 Å². The van der Waals surface area contributed by atoms with Crippen molar-refractivity contribution in [1.82, 2.24) is 4.72 Å². The number of anilines is 1. The Balaban J connectivity index is 1.99. The molecular weight excluding hydrogens is 410 g/mol. The van der Waals surface area contributed by atoms with Crippen LogP contribution >= 0.6 is 12.8 Å². The second-order valence-corrected chi connectivity index (χ2v) is 8.22. The summed E-state index contributed by atoms with van der Waals surface area (Å²) in [6, 6.07) is 11.7. The van der Waals surface area contributed by atoms with E-state index < -0.39 is 0 Å². The van der Waals surface area contributed by atoms with Gasteiger partial charge < -0.3 is 5.32 Å². The molecule has 0 bridgehead atoms. The SMILES string of the molecule is C=CC1=C(Nc2ccc(F)cc2)C=C(CCNS)C(C=C)(Cc2ccc(C)c(F)c2)C1. The topological polar surface area (TPSA) is 24.1 Å². The van der Waals surface area contributed by atoms with Crippen molar-refractivity contribution in [3.8, 4) is 0 Å². The maximum absolute atomic E-state index is 14.2. The van der Waals surface area contributed by atoms with Crippen LogP contribution in [0.25, 0.3) is 0 Å². The van der Waals surface area contributed by atoms with Gasteiger partial charge in [0.05, 0.1) is 0 Å². The van der Waals surface area contributed by atoms with Crippen LogP contribution in [0.2, 0.25) is 0 Å². The van der Waals surface area contributed by atoms with Gasteiger partial charge >= 0.3 is 0 Å². The van der Waals surface area contributed by atoms with Crippen LogP contribution in [0, 0.1) is 24.0 Å². The molecular formula is C26H28F2N2S. The molecule has 162 valence electrons. The molecule has 3 rings (SSSR count). The van der Waals surface area contributed by atoms with E-state index in [1.165, 1.54) is 17.7 Å². The Labute approximate surface area is 189 Å². The van der Waals surface area contributed by atoms with Gasteiger partial charge in [0.15, 0.2) is 0 Å². The van der Waals surface area contributed by atoms with E-state index in [-0.39, 0.29) is 17.0 Å². The van der Waals surface area contributed by atoms with Gasteiger partial charge in [0, 0.05) is 23.3 Å². The van der Waals surface area contributed by atoms with Crippen molar-refractivity contribution in [3.63, 3.8) is 0 Å². The lowest BCUT2D eigenvalue weighted by atomic mass is 9.67. The summed E-state index contributed by atoms with van der Waals surface area (Å²) in [5.74, 6) is -0.479. The summed E-state index contributed by atoms with van der Waals surface area (Å²) in [7, 11) is 0. The second-order valence-electron chi connectivity index (χ2n) is 7.90. The van der Waals surface area contributed by atoms with Gasteiger partial charge in [-0.05, 0) is 79.3 Å². The van der Waals surface area contributed by atoms with Crippen LogP contribution in [-0.2, 0) is 6.42 Å². The predicted molar refractivity (Wildman–Crippen MR) is 129 cm³/mol. The van der Waals surface area contributed by atoms with E-state index in [0.717, 1.165) is 28.9 Å². The van der Waals surface area contributed by atoms with E-state index in [9.17, 15) is 8.78 Å². The normalized spacial score (nSPS) is 18.5. The number of hydrogen-bond acceptors (Lipinski definition) is 3. The lowest BCUT2D eigenvalue weighted by Gasteiger charge is -2.38. The highest BCUT2D eigenvalue weighted by atomic mass is 32.1. The van der Waals surface area contributed by atoms with E-state index in [4.69, 9.17) is 0 Å². The van der Waals surface area contributed by atoms with Crippen LogP contribution in [0.5, 0.6) is 0 Å². The number of halogens is 2. The van der Waals surface area contributed by atoms with Gasteiger partial charge in [0.25, 0.3) is 0 Å². The minimum Gasteiger partial charge on any atom is -0.355 e. The molecule has 0 amide bonds. The Bertz CT molecular complexity index is 1020. The van der Waals surface area contributed by atoms with E-state index in [0.29, 0.717) is 24.9 Å². The summed E-state index contributed by atoms with van der Waals surface area (Å²) in [5.41, 5.74) is 5.09. The van der Waals surface area contributed by atoms with Crippen LogP contribution in [0.1, 0.15) is 24.0 Å². The molecule has 0 heterocycles. The fourth-order valence-electron chi connectivity index (χ4n) is 4.02. The van der Waals surface area contributed by atoms with Crippen molar-refractivity contribution in [1.29, 1.82) is 0 Å². The fourth-order valence-corrected chi connectivity index (χ4v) is 4.13. The first-order valence-electron chi connectivity index (χ1n) is 10.3. The average Bonchev–Trinajstić information content (AvgIpc) is 2.77. The summed E-state index contributed by atoms with van der Waals surface area (Å²) in [4.78, 5) is 0. The molecule has 2 aromatic carbocycles. The van der Waals surface area contributed by atoms with Crippen molar-refractivity contribution in [2.75, 3.05) is 11.9 Å². The summed E-state index contributed by atoms with van der Waals surface area (Å²) in [6.45, 7) is 10.6. The van der Waals surface area contributed by atoms with Gasteiger partial charge in [0.2, 0.25) is 0 Å². The highest BCUT2D eigenvalue weighted by Gasteiger charge is 2.35. The summed E-state index contributed by atoms with van der Waals surface area (Å²) >= 11 is 4.15. The third kappa shape index (κ3) is 5.35. The molecule has 0 aliphatic heterocycles. The highest BCUT2D eigenvalue weighted by molar-refractivity contribution is 7.78. The molecule has 0 aromatic heterocycles. The Morgan fingerprint density at radius 3 is 2.48 bits per heavy atom. The number of aryl methyl sites for hydroxylation is 1. The first-order valence-corrected chi connectivity index (χ1v) is 10.7. The van der Waals surface area contributed by atoms with Gasteiger partial charge in [-0.2, -0.15) is 0 Å². The molecule has 2 aromatic rings. The first-order chi connectivity index (χ1) is 14.9. The molecule has 2 N–H and O–H groups in total. The number of benzene rings is 2. The lowest BCUT2D eigenvalue weighted by Crippen LogP contribution is -2.30. The second kappa shape index (κ2) is 10.1. The Kier molecular flexibility index (Phi) is 7.52. The minimum absolute atomic E-state index is 0.201. The van der Waals surface area contributed by atoms with Gasteiger partial charge in [-0.15, -0.1) is 6.58 Å². The predicted octanol–water partition coefficient (Wildman–Crippen LogP) is 6.69. The summed E-state index contributed by atoms with van der Waals surface area (Å²) < 4.78 is 30.4. The van der Waals surface area contributed by atoms with E-state index in [2.05, 4.69) is 42.1 Å². The molecule has 1 aliphatic carbocycles. The Morgan fingerprint density at radius 1 is 1.13 bits per heavy atom. The highest BCUT2D eigenvalue weighted by Crippen LogP contribution is 2.45. The van der Waals surface area contributed by atoms with Crippen LogP contribution < -0.4 is 10.0 Å². The number of hydrogen-bond donors (Lipinski definition) is 3. The molecule has 0 saturated carbocycles. The smallest absolute Gasteiger partial charge is 0.126 e. The van der Waals surface area contributed by atoms with Gasteiger partial charge in [0.1, 0.15) is 11.6 Å². The number of nitrogens with one attached hydrogen (secondary N) is 2. The largest absolute Gasteiger partial charge is 0.355 e. The average molecular weight is 439 g/mol. The molecule has 5 heteroatoms. The molecule has 2 nitrogen and oxygen atoms in total. The fraction of sp³-hybridized carbons (Fsp3) is 0.231. The maximum Gasteiger partial charge on any atom is 0.126 e. The molecule has 31 heavy (non-hydrogen) atoms. The molecule has 0 spiro atoms. The maximum atomic E-state index is 14.2. The monoisotopic (exact) mass is 438 g/mol. The molecule has 1 unspecified atom stereocenters. The van der Waals surface area contributed by atoms with Crippen molar-refractivity contribution < 1.29 is 8.78 Å². The lowest BCUT2D eigenvalue weighted by molar-refractivity contribution is 0.430. The zero-order chi connectivity index (χ0) is 22.4. The zero-order valence-electron chi connectivity index (χ0n) is 17.7. The molecule has 1 aliphatic rings. The van der Waals surface area contributed by atoms with Gasteiger partial charge in [-0.3, -0.25) is 4.72 Å².